The van der Waals surface area contributed by atoms with E-state index in [1.807, 2.05) is 5.32 Å². The van der Waals surface area contributed by atoms with E-state index in [0.717, 1.165) is 0 Å². The maximum absolute atomic E-state index is 13.4. The van der Waals surface area contributed by atoms with Crippen LogP contribution in [0.2, 0.25) is 0 Å². The molecular weight excluding hydrogens is 290 g/mol. The number of esters is 1. The number of benzene rings is 1. The van der Waals surface area contributed by atoms with Gasteiger partial charge < -0.3 is 10.1 Å². The summed E-state index contributed by atoms with van der Waals surface area (Å²) in [5, 5.41) is 12.6. The molecule has 0 bridgehead atoms. The number of halogens is 2. The average molecular weight is 302 g/mol. The minimum Gasteiger partial charge on any atom is -0.466 e. The summed E-state index contributed by atoms with van der Waals surface area (Å²) in [5.41, 5.74) is -1.49. The molecule has 0 aliphatic heterocycles. The van der Waals surface area contributed by atoms with Gasteiger partial charge in [-0.2, -0.15) is 4.39 Å². The molecule has 0 unspecified atom stereocenters. The van der Waals surface area contributed by atoms with Crippen LogP contribution in [0.4, 0.5) is 20.2 Å². The number of ether oxygens (including phenoxy) is 1. The molecule has 1 amide bonds. The number of anilines is 1. The van der Waals surface area contributed by atoms with Gasteiger partial charge in [-0.3, -0.25) is 19.7 Å². The molecule has 0 saturated heterocycles. The van der Waals surface area contributed by atoms with Crippen LogP contribution >= 0.6 is 0 Å². The number of carbonyl (C=O) groups is 2. The van der Waals surface area contributed by atoms with Crippen molar-refractivity contribution >= 4 is 23.3 Å². The van der Waals surface area contributed by atoms with Crippen molar-refractivity contribution in [2.75, 3.05) is 11.9 Å². The van der Waals surface area contributed by atoms with Crippen LogP contribution in [0.5, 0.6) is 0 Å². The van der Waals surface area contributed by atoms with Crippen LogP contribution in [-0.4, -0.2) is 23.4 Å². The Morgan fingerprint density at radius 3 is 2.52 bits per heavy atom. The van der Waals surface area contributed by atoms with Gasteiger partial charge in [-0.25, -0.2) is 4.39 Å². The molecule has 1 N–H and O–H groups in total. The first-order valence-corrected chi connectivity index (χ1v) is 5.94. The lowest BCUT2D eigenvalue weighted by molar-refractivity contribution is -0.387. The third-order valence-electron chi connectivity index (χ3n) is 2.37. The highest BCUT2D eigenvalue weighted by Crippen LogP contribution is 2.25. The summed E-state index contributed by atoms with van der Waals surface area (Å²) in [6.07, 6.45) is -0.506. The number of nitrogens with one attached hydrogen (secondary N) is 1. The van der Waals surface area contributed by atoms with E-state index in [9.17, 15) is 28.5 Å². The predicted octanol–water partition coefficient (Wildman–Crippen LogP) is 2.15. The predicted molar refractivity (Wildman–Crippen MR) is 67.5 cm³/mol. The van der Waals surface area contributed by atoms with E-state index in [4.69, 9.17) is 0 Å². The summed E-state index contributed by atoms with van der Waals surface area (Å²) in [6.45, 7) is 1.77. The Balaban J connectivity index is 2.74. The van der Waals surface area contributed by atoms with Crippen LogP contribution in [-0.2, 0) is 14.3 Å². The standard InChI is InChI=1S/C12H12F2N2O5/c1-2-21-12(18)4-3-11(17)15-9-6-10(16(19)20)8(14)5-7(9)13/h5-6H,2-4H2,1H3,(H,15,17). The van der Waals surface area contributed by atoms with Crippen molar-refractivity contribution in [3.05, 3.63) is 33.9 Å². The Bertz CT molecular complexity index is 577. The molecule has 0 aliphatic rings. The zero-order chi connectivity index (χ0) is 16.0. The molecule has 0 saturated carbocycles. The van der Waals surface area contributed by atoms with Crippen LogP contribution in [0.25, 0.3) is 0 Å². The second-order valence-corrected chi connectivity index (χ2v) is 3.89. The second kappa shape index (κ2) is 7.27. The maximum Gasteiger partial charge on any atom is 0.307 e. The van der Waals surface area contributed by atoms with Gasteiger partial charge in [-0.15, -0.1) is 0 Å². The van der Waals surface area contributed by atoms with Gasteiger partial charge in [0.25, 0.3) is 0 Å². The number of hydrogen-bond donors (Lipinski definition) is 1. The summed E-state index contributed by atoms with van der Waals surface area (Å²) in [6, 6.07) is 0.881. The summed E-state index contributed by atoms with van der Waals surface area (Å²) >= 11 is 0. The summed E-state index contributed by atoms with van der Waals surface area (Å²) in [4.78, 5) is 32.0. The molecule has 21 heavy (non-hydrogen) atoms. The van der Waals surface area contributed by atoms with Gasteiger partial charge in [0.05, 0.1) is 23.6 Å². The molecular formula is C12H12F2N2O5. The fourth-order valence-electron chi connectivity index (χ4n) is 1.43. The molecule has 0 aromatic heterocycles. The lowest BCUT2D eigenvalue weighted by atomic mass is 10.2. The highest BCUT2D eigenvalue weighted by Gasteiger charge is 2.19. The van der Waals surface area contributed by atoms with Gasteiger partial charge in [0, 0.05) is 18.6 Å². The minimum atomic E-state index is -1.35. The summed E-state index contributed by atoms with van der Waals surface area (Å²) in [5.74, 6) is -3.84. The molecule has 0 atom stereocenters. The normalized spacial score (nSPS) is 10.0. The Morgan fingerprint density at radius 1 is 1.29 bits per heavy atom. The van der Waals surface area contributed by atoms with E-state index in [2.05, 4.69) is 4.74 Å². The average Bonchev–Trinajstić information content (AvgIpc) is 2.39. The number of nitro groups is 1. The highest BCUT2D eigenvalue weighted by atomic mass is 19.1. The monoisotopic (exact) mass is 302 g/mol. The molecule has 114 valence electrons. The fraction of sp³-hybridized carbons (Fsp3) is 0.333. The molecule has 0 heterocycles. The highest BCUT2D eigenvalue weighted by molar-refractivity contribution is 5.93. The number of nitro benzene ring substituents is 1. The molecule has 0 spiro atoms. The third-order valence-corrected chi connectivity index (χ3v) is 2.37. The number of rotatable bonds is 6. The first kappa shape index (κ1) is 16.5. The second-order valence-electron chi connectivity index (χ2n) is 3.89. The van der Waals surface area contributed by atoms with Crippen LogP contribution < -0.4 is 5.32 Å². The van der Waals surface area contributed by atoms with E-state index in [0.29, 0.717) is 12.1 Å². The molecule has 0 radical (unpaired) electrons. The molecule has 7 nitrogen and oxygen atoms in total. The van der Waals surface area contributed by atoms with Crippen molar-refractivity contribution in [3.8, 4) is 0 Å². The van der Waals surface area contributed by atoms with E-state index >= 15 is 0 Å². The van der Waals surface area contributed by atoms with Crippen LogP contribution in [0.15, 0.2) is 12.1 Å². The van der Waals surface area contributed by atoms with E-state index in [1.54, 1.807) is 6.92 Å². The van der Waals surface area contributed by atoms with Crippen molar-refractivity contribution in [1.82, 2.24) is 0 Å². The van der Waals surface area contributed by atoms with E-state index < -0.39 is 39.8 Å². The largest absolute Gasteiger partial charge is 0.466 e. The Labute approximate surface area is 118 Å². The van der Waals surface area contributed by atoms with Crippen LogP contribution in [0.3, 0.4) is 0 Å². The number of amides is 1. The lowest BCUT2D eigenvalue weighted by Gasteiger charge is -2.06. The summed E-state index contributed by atoms with van der Waals surface area (Å²) < 4.78 is 31.1. The van der Waals surface area contributed by atoms with Crippen molar-refractivity contribution in [2.24, 2.45) is 0 Å². The number of carbonyl (C=O) groups excluding carboxylic acids is 2. The van der Waals surface area contributed by atoms with Crippen molar-refractivity contribution in [1.29, 1.82) is 0 Å². The smallest absolute Gasteiger partial charge is 0.307 e. The van der Waals surface area contributed by atoms with Gasteiger partial charge in [0.15, 0.2) is 0 Å². The van der Waals surface area contributed by atoms with Gasteiger partial charge in [-0.05, 0) is 6.92 Å². The number of hydrogen-bond acceptors (Lipinski definition) is 5. The Morgan fingerprint density at radius 2 is 1.95 bits per heavy atom. The van der Waals surface area contributed by atoms with Crippen LogP contribution in [0, 0.1) is 21.7 Å². The lowest BCUT2D eigenvalue weighted by Crippen LogP contribution is -2.15. The Hall–Kier alpha value is -2.58. The Kier molecular flexibility index (Phi) is 5.70. The minimum absolute atomic E-state index is 0.166. The quantitative estimate of drug-likeness (QED) is 0.493. The maximum atomic E-state index is 13.4. The molecule has 1 rings (SSSR count). The molecule has 0 aliphatic carbocycles. The van der Waals surface area contributed by atoms with Gasteiger partial charge in [0.2, 0.25) is 11.7 Å². The zero-order valence-electron chi connectivity index (χ0n) is 11.0. The number of nitrogens with zero attached hydrogens (tertiary/aromatic N) is 1. The zero-order valence-corrected chi connectivity index (χ0v) is 11.0. The van der Waals surface area contributed by atoms with E-state index in [1.165, 1.54) is 0 Å². The molecule has 0 fully saturated rings. The van der Waals surface area contributed by atoms with Crippen molar-refractivity contribution in [2.45, 2.75) is 19.8 Å². The molecule has 9 heteroatoms. The topological polar surface area (TPSA) is 98.5 Å². The first-order valence-electron chi connectivity index (χ1n) is 5.94. The van der Waals surface area contributed by atoms with Gasteiger partial charge >= 0.3 is 11.7 Å². The van der Waals surface area contributed by atoms with Gasteiger partial charge in [-0.1, -0.05) is 0 Å². The van der Waals surface area contributed by atoms with Crippen molar-refractivity contribution < 1.29 is 28.0 Å². The third kappa shape index (κ3) is 4.79. The van der Waals surface area contributed by atoms with Crippen molar-refractivity contribution in [3.63, 3.8) is 0 Å². The molecule has 1 aromatic rings. The SMILES string of the molecule is CCOC(=O)CCC(=O)Nc1cc([N+](=O)[O-])c(F)cc1F. The van der Waals surface area contributed by atoms with E-state index in [-0.39, 0.29) is 19.4 Å². The first-order chi connectivity index (χ1) is 9.85. The molecule has 1 aromatic carbocycles. The summed E-state index contributed by atoms with van der Waals surface area (Å²) in [7, 11) is 0. The van der Waals surface area contributed by atoms with Crippen LogP contribution in [0.1, 0.15) is 19.8 Å². The van der Waals surface area contributed by atoms with Gasteiger partial charge in [0.1, 0.15) is 5.82 Å². The fourth-order valence-corrected chi connectivity index (χ4v) is 1.43.